The van der Waals surface area contributed by atoms with Crippen molar-refractivity contribution in [1.29, 1.82) is 0 Å². The zero-order valence-corrected chi connectivity index (χ0v) is 9.13. The third-order valence-corrected chi connectivity index (χ3v) is 2.69. The smallest absolute Gasteiger partial charge is 0.370 e. The third-order valence-electron chi connectivity index (χ3n) is 2.05. The van der Waals surface area contributed by atoms with Gasteiger partial charge < -0.3 is 9.47 Å². The second-order valence-electron chi connectivity index (χ2n) is 3.23. The molecule has 1 saturated carbocycles. The first-order valence-corrected chi connectivity index (χ1v) is 5.60. The van der Waals surface area contributed by atoms with Crippen molar-refractivity contribution in [2.75, 3.05) is 12.5 Å². The summed E-state index contributed by atoms with van der Waals surface area (Å²) < 4.78 is 9.41. The van der Waals surface area contributed by atoms with Crippen molar-refractivity contribution < 1.29 is 19.1 Å². The van der Waals surface area contributed by atoms with Crippen LogP contribution in [-0.4, -0.2) is 23.8 Å². The minimum Gasteiger partial charge on any atom is -0.428 e. The Hall–Kier alpha value is -0.710. The SMILES string of the molecule is CCSC(=O)OCOC(=O)C1CC1C. The molecule has 0 aromatic rings. The van der Waals surface area contributed by atoms with Gasteiger partial charge in [-0.3, -0.25) is 4.79 Å². The lowest BCUT2D eigenvalue weighted by Gasteiger charge is -2.04. The van der Waals surface area contributed by atoms with E-state index in [4.69, 9.17) is 4.74 Å². The minimum atomic E-state index is -0.399. The van der Waals surface area contributed by atoms with E-state index in [-0.39, 0.29) is 18.7 Å². The lowest BCUT2D eigenvalue weighted by atomic mass is 10.3. The Morgan fingerprint density at radius 3 is 2.57 bits per heavy atom. The number of carbonyl (C=O) groups excluding carboxylic acids is 2. The standard InChI is InChI=1S/C9H14O4S/c1-3-14-9(11)13-5-12-8(10)7-4-6(7)2/h6-7H,3-5H2,1-2H3. The Bertz CT molecular complexity index is 229. The lowest BCUT2D eigenvalue weighted by Crippen LogP contribution is -2.12. The van der Waals surface area contributed by atoms with E-state index < -0.39 is 5.30 Å². The Morgan fingerprint density at radius 1 is 1.43 bits per heavy atom. The normalized spacial score (nSPS) is 24.1. The number of hydrogen-bond acceptors (Lipinski definition) is 5. The van der Waals surface area contributed by atoms with Gasteiger partial charge in [0.25, 0.3) is 0 Å². The molecule has 0 saturated heterocycles. The molecule has 1 fully saturated rings. The predicted molar refractivity (Wildman–Crippen MR) is 52.8 cm³/mol. The van der Waals surface area contributed by atoms with Crippen molar-refractivity contribution in [3.05, 3.63) is 0 Å². The van der Waals surface area contributed by atoms with Crippen molar-refractivity contribution in [1.82, 2.24) is 0 Å². The van der Waals surface area contributed by atoms with E-state index in [1.165, 1.54) is 0 Å². The molecule has 0 amide bonds. The Kier molecular flexibility index (Phi) is 4.25. The highest BCUT2D eigenvalue weighted by Gasteiger charge is 2.40. The van der Waals surface area contributed by atoms with Gasteiger partial charge >= 0.3 is 11.3 Å². The average molecular weight is 218 g/mol. The number of esters is 1. The number of thioether (sulfide) groups is 1. The van der Waals surface area contributed by atoms with Crippen LogP contribution in [0.1, 0.15) is 20.3 Å². The summed E-state index contributed by atoms with van der Waals surface area (Å²) in [5, 5.41) is -0.399. The summed E-state index contributed by atoms with van der Waals surface area (Å²) >= 11 is 1.06. The minimum absolute atomic E-state index is 0.0209. The highest BCUT2D eigenvalue weighted by molar-refractivity contribution is 8.13. The molecule has 0 aromatic carbocycles. The summed E-state index contributed by atoms with van der Waals surface area (Å²) in [6.07, 6.45) is 0.885. The van der Waals surface area contributed by atoms with Gasteiger partial charge in [0.05, 0.1) is 5.92 Å². The molecule has 1 aliphatic carbocycles. The van der Waals surface area contributed by atoms with Gasteiger partial charge in [-0.2, -0.15) is 0 Å². The van der Waals surface area contributed by atoms with Crippen LogP contribution in [0.2, 0.25) is 0 Å². The predicted octanol–water partition coefficient (Wildman–Crippen LogP) is 2.03. The molecule has 0 aliphatic heterocycles. The molecule has 4 nitrogen and oxygen atoms in total. The van der Waals surface area contributed by atoms with E-state index in [1.807, 2.05) is 13.8 Å². The van der Waals surface area contributed by atoms with E-state index in [9.17, 15) is 9.59 Å². The van der Waals surface area contributed by atoms with Crippen LogP contribution in [0.3, 0.4) is 0 Å². The highest BCUT2D eigenvalue weighted by Crippen LogP contribution is 2.38. The van der Waals surface area contributed by atoms with Crippen LogP contribution in [-0.2, 0) is 14.3 Å². The molecule has 1 aliphatic rings. The monoisotopic (exact) mass is 218 g/mol. The zero-order valence-electron chi connectivity index (χ0n) is 8.32. The topological polar surface area (TPSA) is 52.6 Å². The van der Waals surface area contributed by atoms with Gasteiger partial charge in [-0.15, -0.1) is 0 Å². The van der Waals surface area contributed by atoms with Crippen molar-refractivity contribution >= 4 is 23.0 Å². The first-order valence-electron chi connectivity index (χ1n) is 4.61. The molecule has 0 aromatic heterocycles. The second kappa shape index (κ2) is 5.24. The van der Waals surface area contributed by atoms with Gasteiger partial charge in [0.15, 0.2) is 0 Å². The van der Waals surface area contributed by atoms with Crippen LogP contribution in [0.5, 0.6) is 0 Å². The Morgan fingerprint density at radius 2 is 2.07 bits per heavy atom. The maximum absolute atomic E-state index is 11.1. The molecule has 0 spiro atoms. The van der Waals surface area contributed by atoms with Crippen molar-refractivity contribution in [2.45, 2.75) is 20.3 Å². The van der Waals surface area contributed by atoms with Crippen molar-refractivity contribution in [2.24, 2.45) is 11.8 Å². The fraction of sp³-hybridized carbons (Fsp3) is 0.778. The average Bonchev–Trinajstić information content (AvgIpc) is 2.83. The van der Waals surface area contributed by atoms with E-state index in [0.29, 0.717) is 11.7 Å². The summed E-state index contributed by atoms with van der Waals surface area (Å²) in [6.45, 7) is 3.59. The summed E-state index contributed by atoms with van der Waals surface area (Å²) in [6, 6.07) is 0. The second-order valence-corrected chi connectivity index (χ2v) is 4.43. The Balaban J connectivity index is 2.03. The van der Waals surface area contributed by atoms with Crippen molar-refractivity contribution in [3.8, 4) is 0 Å². The largest absolute Gasteiger partial charge is 0.428 e. The van der Waals surface area contributed by atoms with E-state index in [2.05, 4.69) is 4.74 Å². The van der Waals surface area contributed by atoms with Gasteiger partial charge in [0, 0.05) is 5.75 Å². The van der Waals surface area contributed by atoms with Gasteiger partial charge in [0.2, 0.25) is 6.79 Å². The molecular formula is C9H14O4S. The Labute approximate surface area is 87.3 Å². The number of rotatable bonds is 4. The summed E-state index contributed by atoms with van der Waals surface area (Å²) in [5.74, 6) is 0.842. The molecule has 0 N–H and O–H groups in total. The molecule has 2 unspecified atom stereocenters. The number of carbonyl (C=O) groups is 2. The van der Waals surface area contributed by atoms with Crippen LogP contribution >= 0.6 is 11.8 Å². The first kappa shape index (κ1) is 11.4. The van der Waals surface area contributed by atoms with Crippen LogP contribution in [0, 0.1) is 11.8 Å². The molecule has 80 valence electrons. The lowest BCUT2D eigenvalue weighted by molar-refractivity contribution is -0.153. The molecule has 1 rings (SSSR count). The molecule has 14 heavy (non-hydrogen) atoms. The molecule has 2 atom stereocenters. The quantitative estimate of drug-likeness (QED) is 0.534. The highest BCUT2D eigenvalue weighted by atomic mass is 32.2. The molecule has 0 heterocycles. The molecule has 0 bridgehead atoms. The van der Waals surface area contributed by atoms with Crippen LogP contribution < -0.4 is 0 Å². The fourth-order valence-electron chi connectivity index (χ4n) is 1.05. The zero-order chi connectivity index (χ0) is 10.6. The maximum atomic E-state index is 11.1. The van der Waals surface area contributed by atoms with E-state index in [1.54, 1.807) is 0 Å². The first-order chi connectivity index (χ1) is 6.65. The van der Waals surface area contributed by atoms with Gasteiger partial charge in [-0.25, -0.2) is 4.79 Å². The third kappa shape index (κ3) is 3.57. The van der Waals surface area contributed by atoms with Crippen LogP contribution in [0.15, 0.2) is 0 Å². The van der Waals surface area contributed by atoms with Crippen molar-refractivity contribution in [3.63, 3.8) is 0 Å². The summed E-state index contributed by atoms with van der Waals surface area (Å²) in [7, 11) is 0. The van der Waals surface area contributed by atoms with Crippen LogP contribution in [0.25, 0.3) is 0 Å². The summed E-state index contributed by atoms with van der Waals surface area (Å²) in [4.78, 5) is 22.0. The number of ether oxygens (including phenoxy) is 2. The molecule has 0 radical (unpaired) electrons. The van der Waals surface area contributed by atoms with Gasteiger partial charge in [0.1, 0.15) is 0 Å². The maximum Gasteiger partial charge on any atom is 0.370 e. The number of hydrogen-bond donors (Lipinski definition) is 0. The summed E-state index contributed by atoms with van der Waals surface area (Å²) in [5.41, 5.74) is 0. The van der Waals surface area contributed by atoms with Gasteiger partial charge in [-0.05, 0) is 24.1 Å². The van der Waals surface area contributed by atoms with Crippen LogP contribution in [0.4, 0.5) is 4.79 Å². The van der Waals surface area contributed by atoms with Gasteiger partial charge in [-0.1, -0.05) is 13.8 Å². The molecule has 5 heteroatoms. The van der Waals surface area contributed by atoms with E-state index in [0.717, 1.165) is 18.2 Å². The van der Waals surface area contributed by atoms with E-state index >= 15 is 0 Å². The molecular weight excluding hydrogens is 204 g/mol. The fourth-order valence-corrected chi connectivity index (χ4v) is 1.42.